The van der Waals surface area contributed by atoms with Crippen molar-refractivity contribution in [3.63, 3.8) is 0 Å². The van der Waals surface area contributed by atoms with Crippen molar-refractivity contribution >= 4 is 52.1 Å². The zero-order valence-corrected chi connectivity index (χ0v) is 42.5. The number of nitrogens with zero attached hydrogens (tertiary/aromatic N) is 2. The Labute approximate surface area is 446 Å². The second-order valence-corrected chi connectivity index (χ2v) is 18.1. The number of nitrogen functional groups attached to an aromatic ring is 2. The molecule has 12 heteroatoms. The topological polar surface area (TPSA) is 184 Å². The summed E-state index contributed by atoms with van der Waals surface area (Å²) in [7, 11) is 0. The number of nitrogens with one attached hydrogen (secondary N) is 4. The maximum absolute atomic E-state index is 12.5. The van der Waals surface area contributed by atoms with Gasteiger partial charge in [-0.15, -0.1) is 0 Å². The number of nitrogens with two attached hydrogens (primary N) is 3. The van der Waals surface area contributed by atoms with Gasteiger partial charge in [0.15, 0.2) is 0 Å². The Bertz CT molecular complexity index is 2970. The zero-order chi connectivity index (χ0) is 53.2. The van der Waals surface area contributed by atoms with Gasteiger partial charge in [0.05, 0.1) is 6.42 Å². The summed E-state index contributed by atoms with van der Waals surface area (Å²) in [6, 6.07) is 80.5. The van der Waals surface area contributed by atoms with Crippen LogP contribution in [0.15, 0.2) is 249 Å². The molecule has 9 aromatic rings. The monoisotopic (exact) mass is 1010 g/mol. The summed E-state index contributed by atoms with van der Waals surface area (Å²) in [6.45, 7) is 4.94. The van der Waals surface area contributed by atoms with Crippen LogP contribution in [-0.2, 0) is 50.5 Å². The molecule has 5 amide bonds. The third-order valence-corrected chi connectivity index (χ3v) is 11.8. The normalized spacial score (nSPS) is 10.5. The second kappa shape index (κ2) is 29.3. The standard InChI is InChI=1S/C36H34N4O2.C21H23N3.C7H8N2O/c41-35(37-32-12-6-2-7-13-32)24-28-16-18-30(19-17-28)26-40(25-29-10-4-1-5-11-29)27-31-20-22-34(23-21-31)39-36(42)38-33-14-8-3-9-15-33;22-20-10-6-18(7-11-20)15-24(14-17-4-2-1-3-5-17)16-19-8-12-21(23)13-9-19;8-7(10)9-6-4-2-1-3-5-6/h1-23H,24-27H2,(H,37,41)(H2,38,39,42);1-13H,14-16,22-23H2;1-5H,(H3,8,9,10). The van der Waals surface area contributed by atoms with Crippen molar-refractivity contribution in [3.8, 4) is 0 Å². The summed E-state index contributed by atoms with van der Waals surface area (Å²) in [5.74, 6) is -0.0323. The Morgan fingerprint density at radius 2 is 0.566 bits per heavy atom. The van der Waals surface area contributed by atoms with Gasteiger partial charge in [-0.1, -0.05) is 176 Å². The maximum atomic E-state index is 12.5. The van der Waals surface area contributed by atoms with Gasteiger partial charge >= 0.3 is 12.1 Å². The number of carbonyl (C=O) groups is 3. The number of anilines is 6. The highest BCUT2D eigenvalue weighted by Crippen LogP contribution is 2.20. The molecule has 12 nitrogen and oxygen atoms in total. The Balaban J connectivity index is 0.000000205. The third-order valence-electron chi connectivity index (χ3n) is 11.8. The van der Waals surface area contributed by atoms with E-state index in [9.17, 15) is 14.4 Å². The van der Waals surface area contributed by atoms with Gasteiger partial charge < -0.3 is 38.5 Å². The molecule has 0 saturated heterocycles. The van der Waals surface area contributed by atoms with Gasteiger partial charge in [0.2, 0.25) is 5.91 Å². The highest BCUT2D eigenvalue weighted by atomic mass is 16.2. The first kappa shape index (κ1) is 54.3. The molecule has 0 radical (unpaired) electrons. The number of hydrogen-bond donors (Lipinski definition) is 7. The molecule has 0 aliphatic rings. The fourth-order valence-corrected chi connectivity index (χ4v) is 8.14. The lowest BCUT2D eigenvalue weighted by molar-refractivity contribution is -0.115. The molecule has 0 aromatic heterocycles. The molecular formula is C64H65N9O3. The van der Waals surface area contributed by atoms with Crippen LogP contribution in [0.1, 0.15) is 38.9 Å². The van der Waals surface area contributed by atoms with Crippen LogP contribution in [0, 0.1) is 0 Å². The summed E-state index contributed by atoms with van der Waals surface area (Å²) < 4.78 is 0. The molecule has 9 rings (SSSR count). The first-order chi connectivity index (χ1) is 37.1. The van der Waals surface area contributed by atoms with E-state index in [1.807, 2.05) is 152 Å². The van der Waals surface area contributed by atoms with Crippen molar-refractivity contribution in [2.75, 3.05) is 32.7 Å². The lowest BCUT2D eigenvalue weighted by Crippen LogP contribution is -2.22. The van der Waals surface area contributed by atoms with Crippen LogP contribution >= 0.6 is 0 Å². The average Bonchev–Trinajstić information content (AvgIpc) is 3.43. The maximum Gasteiger partial charge on any atom is 0.323 e. The number of primary amides is 1. The lowest BCUT2D eigenvalue weighted by Gasteiger charge is -2.23. The van der Waals surface area contributed by atoms with E-state index in [-0.39, 0.29) is 11.9 Å². The number of urea groups is 2. The fraction of sp³-hybridized carbons (Fsp3) is 0.109. The average molecular weight is 1010 g/mol. The van der Waals surface area contributed by atoms with E-state index >= 15 is 0 Å². The van der Waals surface area contributed by atoms with Crippen LogP contribution in [0.2, 0.25) is 0 Å². The van der Waals surface area contributed by atoms with E-state index in [1.165, 1.54) is 27.8 Å². The minimum absolute atomic E-state index is 0.0323. The van der Waals surface area contributed by atoms with Crippen molar-refractivity contribution in [2.24, 2.45) is 5.73 Å². The Morgan fingerprint density at radius 3 is 0.921 bits per heavy atom. The minimum atomic E-state index is -0.536. The Morgan fingerprint density at radius 1 is 0.303 bits per heavy atom. The van der Waals surface area contributed by atoms with Crippen molar-refractivity contribution in [1.29, 1.82) is 0 Å². The summed E-state index contributed by atoms with van der Waals surface area (Å²) in [5.41, 5.74) is 29.4. The van der Waals surface area contributed by atoms with Crippen LogP contribution in [0.25, 0.3) is 0 Å². The van der Waals surface area contributed by atoms with E-state index in [1.54, 1.807) is 12.1 Å². The highest BCUT2D eigenvalue weighted by molar-refractivity contribution is 5.99. The molecule has 0 aliphatic carbocycles. The predicted molar refractivity (Wildman–Crippen MR) is 311 cm³/mol. The summed E-state index contributed by atoms with van der Waals surface area (Å²) in [6.07, 6.45) is 0.326. The van der Waals surface area contributed by atoms with Crippen molar-refractivity contribution in [1.82, 2.24) is 9.80 Å². The number of rotatable bonds is 18. The van der Waals surface area contributed by atoms with Gasteiger partial charge in [-0.25, -0.2) is 9.59 Å². The molecule has 0 fully saturated rings. The molecule has 76 heavy (non-hydrogen) atoms. The fourth-order valence-electron chi connectivity index (χ4n) is 8.14. The smallest absolute Gasteiger partial charge is 0.323 e. The van der Waals surface area contributed by atoms with E-state index in [0.29, 0.717) is 6.42 Å². The van der Waals surface area contributed by atoms with Crippen LogP contribution in [0.5, 0.6) is 0 Å². The number of hydrogen-bond acceptors (Lipinski definition) is 7. The predicted octanol–water partition coefficient (Wildman–Crippen LogP) is 12.9. The van der Waals surface area contributed by atoms with Gasteiger partial charge in [-0.2, -0.15) is 0 Å². The van der Waals surface area contributed by atoms with Crippen LogP contribution in [0.4, 0.5) is 43.7 Å². The number of para-hydroxylation sites is 3. The Hall–Kier alpha value is -9.49. The SMILES string of the molecule is NC(=O)Nc1ccccc1.Nc1ccc(CN(Cc2ccccc2)Cc2ccc(N)cc2)cc1.O=C(Cc1ccc(CN(Cc2ccccc2)Cc2ccc(NC(=O)Nc3ccccc3)cc2)cc1)Nc1ccccc1. The van der Waals surface area contributed by atoms with E-state index < -0.39 is 6.03 Å². The first-order valence-electron chi connectivity index (χ1n) is 25.0. The van der Waals surface area contributed by atoms with Crippen LogP contribution < -0.4 is 38.5 Å². The third kappa shape index (κ3) is 19.8. The Kier molecular flexibility index (Phi) is 20.9. The van der Waals surface area contributed by atoms with Gasteiger partial charge in [-0.05, 0) is 112 Å². The van der Waals surface area contributed by atoms with Crippen molar-refractivity contribution < 1.29 is 14.4 Å². The minimum Gasteiger partial charge on any atom is -0.399 e. The molecule has 384 valence electrons. The quantitative estimate of drug-likeness (QED) is 0.0417. The van der Waals surface area contributed by atoms with Crippen molar-refractivity contribution in [3.05, 3.63) is 288 Å². The van der Waals surface area contributed by atoms with Crippen molar-refractivity contribution in [2.45, 2.75) is 45.7 Å². The number of carbonyl (C=O) groups excluding carboxylic acids is 3. The molecule has 0 heterocycles. The molecule has 0 atom stereocenters. The van der Waals surface area contributed by atoms with Gasteiger partial charge in [0.25, 0.3) is 0 Å². The summed E-state index contributed by atoms with van der Waals surface area (Å²) in [5, 5.41) is 11.1. The van der Waals surface area contributed by atoms with Gasteiger partial charge in [0, 0.05) is 73.4 Å². The molecule has 9 aromatic carbocycles. The van der Waals surface area contributed by atoms with E-state index in [4.69, 9.17) is 17.2 Å². The zero-order valence-electron chi connectivity index (χ0n) is 42.5. The molecule has 10 N–H and O–H groups in total. The first-order valence-corrected chi connectivity index (χ1v) is 25.0. The molecule has 0 saturated carbocycles. The molecule has 0 unspecified atom stereocenters. The summed E-state index contributed by atoms with van der Waals surface area (Å²) in [4.78, 5) is 39.9. The number of amides is 5. The highest BCUT2D eigenvalue weighted by Gasteiger charge is 2.12. The number of benzene rings is 9. The van der Waals surface area contributed by atoms with E-state index in [0.717, 1.165) is 84.5 Å². The molecule has 0 spiro atoms. The van der Waals surface area contributed by atoms with E-state index in [2.05, 4.69) is 116 Å². The van der Waals surface area contributed by atoms with Gasteiger partial charge in [-0.3, -0.25) is 14.6 Å². The molecule has 0 bridgehead atoms. The largest absolute Gasteiger partial charge is 0.399 e. The van der Waals surface area contributed by atoms with Gasteiger partial charge in [0.1, 0.15) is 0 Å². The molecule has 0 aliphatic heterocycles. The van der Waals surface area contributed by atoms with Crippen LogP contribution in [-0.4, -0.2) is 27.8 Å². The van der Waals surface area contributed by atoms with Crippen LogP contribution in [0.3, 0.4) is 0 Å². The second-order valence-electron chi connectivity index (χ2n) is 18.1. The summed E-state index contributed by atoms with van der Waals surface area (Å²) >= 11 is 0. The molecular weight excluding hydrogens is 943 g/mol. The lowest BCUT2D eigenvalue weighted by atomic mass is 10.1.